The number of nitrogens with one attached hydrogen (secondary N) is 2. The van der Waals surface area contributed by atoms with Crippen LogP contribution in [0, 0.1) is 5.92 Å². The molecule has 1 aliphatic heterocycles. The monoisotopic (exact) mass is 425 g/mol. The van der Waals surface area contributed by atoms with E-state index in [0.717, 1.165) is 21.9 Å². The number of pyridine rings is 1. The molecule has 2 aromatic carbocycles. The Balaban J connectivity index is 1.23. The predicted octanol–water partition coefficient (Wildman–Crippen LogP) is 4.12. The van der Waals surface area contributed by atoms with Crippen molar-refractivity contribution >= 4 is 28.4 Å². The third-order valence-corrected chi connectivity index (χ3v) is 5.98. The molecule has 1 aliphatic rings. The van der Waals surface area contributed by atoms with Gasteiger partial charge in [-0.15, -0.1) is 0 Å². The number of hydrogen-bond acceptors (Lipinski definition) is 4. The molecular formula is C25H23N5O2. The molecule has 0 spiro atoms. The molecule has 1 fully saturated rings. The van der Waals surface area contributed by atoms with Crippen LogP contribution >= 0.6 is 0 Å². The fourth-order valence-electron chi connectivity index (χ4n) is 4.13. The minimum absolute atomic E-state index is 0.0223. The number of hydrogen-bond donors (Lipinski definition) is 2. The van der Waals surface area contributed by atoms with Gasteiger partial charge < -0.3 is 10.2 Å². The Hall–Kier alpha value is -4.00. The van der Waals surface area contributed by atoms with E-state index in [1.165, 1.54) is 0 Å². The number of rotatable bonds is 4. The van der Waals surface area contributed by atoms with Crippen molar-refractivity contribution in [1.82, 2.24) is 20.1 Å². The molecule has 1 saturated heterocycles. The Morgan fingerprint density at radius 1 is 0.938 bits per heavy atom. The summed E-state index contributed by atoms with van der Waals surface area (Å²) in [6, 6.07) is 17.3. The number of H-pyrrole nitrogens is 1. The van der Waals surface area contributed by atoms with Crippen molar-refractivity contribution in [2.75, 3.05) is 18.4 Å². The van der Waals surface area contributed by atoms with Gasteiger partial charge in [0.05, 0.1) is 6.20 Å². The highest BCUT2D eigenvalue weighted by atomic mass is 16.2. The van der Waals surface area contributed by atoms with Crippen LogP contribution in [0.1, 0.15) is 23.2 Å². The smallest absolute Gasteiger partial charge is 0.253 e. The second-order valence-electron chi connectivity index (χ2n) is 8.04. The molecule has 160 valence electrons. The van der Waals surface area contributed by atoms with Gasteiger partial charge in [-0.25, -0.2) is 4.98 Å². The van der Waals surface area contributed by atoms with E-state index in [1.54, 1.807) is 12.4 Å². The zero-order chi connectivity index (χ0) is 21.9. The summed E-state index contributed by atoms with van der Waals surface area (Å²) in [7, 11) is 0. The van der Waals surface area contributed by atoms with E-state index < -0.39 is 0 Å². The molecule has 2 aromatic heterocycles. The molecule has 2 amide bonds. The molecule has 0 unspecified atom stereocenters. The SMILES string of the molecule is O=C(Nc1cc2cc(-c3cn[nH]c3)ccc2cn1)C1CCN(C(=O)c2ccccc2)CC1. The van der Waals surface area contributed by atoms with Gasteiger partial charge >= 0.3 is 0 Å². The second-order valence-corrected chi connectivity index (χ2v) is 8.04. The molecule has 32 heavy (non-hydrogen) atoms. The van der Waals surface area contributed by atoms with E-state index in [0.29, 0.717) is 37.3 Å². The first-order chi connectivity index (χ1) is 15.7. The maximum Gasteiger partial charge on any atom is 0.253 e. The van der Waals surface area contributed by atoms with Gasteiger partial charge in [0.2, 0.25) is 5.91 Å². The molecule has 0 radical (unpaired) electrons. The van der Waals surface area contributed by atoms with E-state index in [4.69, 9.17) is 0 Å². The highest BCUT2D eigenvalue weighted by molar-refractivity contribution is 5.96. The Morgan fingerprint density at radius 2 is 1.75 bits per heavy atom. The van der Waals surface area contributed by atoms with Crippen LogP contribution in [0.2, 0.25) is 0 Å². The number of likely N-dealkylation sites (tertiary alicyclic amines) is 1. The van der Waals surface area contributed by atoms with Gasteiger partial charge in [0.1, 0.15) is 5.82 Å². The first-order valence-corrected chi connectivity index (χ1v) is 10.7. The summed E-state index contributed by atoms with van der Waals surface area (Å²) in [5.41, 5.74) is 2.74. The summed E-state index contributed by atoms with van der Waals surface area (Å²) in [5, 5.41) is 11.8. The fraction of sp³-hybridized carbons (Fsp3) is 0.200. The summed E-state index contributed by atoms with van der Waals surface area (Å²) in [6.45, 7) is 1.15. The average Bonchev–Trinajstić information content (AvgIpc) is 3.39. The molecule has 0 bridgehead atoms. The molecule has 0 aliphatic carbocycles. The van der Waals surface area contributed by atoms with Crippen LogP contribution in [-0.2, 0) is 4.79 Å². The van der Waals surface area contributed by atoms with E-state index in [-0.39, 0.29) is 17.7 Å². The minimum Gasteiger partial charge on any atom is -0.339 e. The first kappa shape index (κ1) is 19.9. The Morgan fingerprint density at radius 3 is 2.50 bits per heavy atom. The van der Waals surface area contributed by atoms with Gasteiger partial charge in [0, 0.05) is 47.9 Å². The molecule has 0 saturated carbocycles. The van der Waals surface area contributed by atoms with Crippen LogP contribution < -0.4 is 5.32 Å². The number of benzene rings is 2. The number of carbonyl (C=O) groups is 2. The van der Waals surface area contributed by atoms with Crippen LogP contribution in [0.3, 0.4) is 0 Å². The Kier molecular flexibility index (Phi) is 5.37. The zero-order valence-electron chi connectivity index (χ0n) is 17.5. The van der Waals surface area contributed by atoms with Gasteiger partial charge in [0.15, 0.2) is 0 Å². The number of aromatic nitrogens is 3. The van der Waals surface area contributed by atoms with Crippen molar-refractivity contribution in [2.45, 2.75) is 12.8 Å². The first-order valence-electron chi connectivity index (χ1n) is 10.7. The molecular weight excluding hydrogens is 402 g/mol. The fourth-order valence-corrected chi connectivity index (χ4v) is 4.13. The summed E-state index contributed by atoms with van der Waals surface area (Å²) in [4.78, 5) is 31.7. The highest BCUT2D eigenvalue weighted by Crippen LogP contribution is 2.26. The Labute approximate surface area is 185 Å². The van der Waals surface area contributed by atoms with Crippen molar-refractivity contribution in [3.8, 4) is 11.1 Å². The maximum atomic E-state index is 12.8. The van der Waals surface area contributed by atoms with Crippen molar-refractivity contribution in [1.29, 1.82) is 0 Å². The number of amides is 2. The van der Waals surface area contributed by atoms with Crippen molar-refractivity contribution in [2.24, 2.45) is 5.92 Å². The normalized spacial score (nSPS) is 14.4. The largest absolute Gasteiger partial charge is 0.339 e. The molecule has 4 aromatic rings. The van der Waals surface area contributed by atoms with Crippen LogP contribution in [0.5, 0.6) is 0 Å². The van der Waals surface area contributed by atoms with Gasteiger partial charge in [-0.2, -0.15) is 5.10 Å². The second kappa shape index (κ2) is 8.63. The minimum atomic E-state index is -0.135. The third-order valence-electron chi connectivity index (χ3n) is 5.98. The quantitative estimate of drug-likeness (QED) is 0.515. The summed E-state index contributed by atoms with van der Waals surface area (Å²) >= 11 is 0. The van der Waals surface area contributed by atoms with Crippen LogP contribution in [-0.4, -0.2) is 45.0 Å². The van der Waals surface area contributed by atoms with Crippen LogP contribution in [0.4, 0.5) is 5.82 Å². The number of fused-ring (bicyclic) bond motifs is 1. The lowest BCUT2D eigenvalue weighted by Crippen LogP contribution is -2.41. The lowest BCUT2D eigenvalue weighted by molar-refractivity contribution is -0.121. The molecule has 7 heteroatoms. The van der Waals surface area contributed by atoms with Crippen LogP contribution in [0.25, 0.3) is 21.9 Å². The number of piperidine rings is 1. The lowest BCUT2D eigenvalue weighted by Gasteiger charge is -2.31. The summed E-state index contributed by atoms with van der Waals surface area (Å²) in [5.74, 6) is 0.378. The van der Waals surface area contributed by atoms with E-state index in [9.17, 15) is 9.59 Å². The van der Waals surface area contributed by atoms with Gasteiger partial charge in [0.25, 0.3) is 5.91 Å². The number of aromatic amines is 1. The molecule has 0 atom stereocenters. The van der Waals surface area contributed by atoms with Crippen molar-refractivity contribution in [3.05, 3.63) is 78.8 Å². The van der Waals surface area contributed by atoms with Gasteiger partial charge in [-0.1, -0.05) is 30.3 Å². The predicted molar refractivity (Wildman–Crippen MR) is 123 cm³/mol. The molecule has 5 rings (SSSR count). The lowest BCUT2D eigenvalue weighted by atomic mass is 9.95. The zero-order valence-corrected chi connectivity index (χ0v) is 17.5. The molecule has 7 nitrogen and oxygen atoms in total. The average molecular weight is 425 g/mol. The standard InChI is InChI=1S/C25H23N5O2/c31-24(17-8-10-30(11-9-17)25(32)18-4-2-1-3-5-18)29-23-13-21-12-19(22-15-27-28-16-22)6-7-20(21)14-26-23/h1-7,12-17H,8-11H2,(H,27,28)(H,26,29,31). The van der Waals surface area contributed by atoms with E-state index in [1.807, 2.05) is 59.6 Å². The van der Waals surface area contributed by atoms with Crippen LogP contribution in [0.15, 0.2) is 73.2 Å². The maximum absolute atomic E-state index is 12.8. The number of carbonyl (C=O) groups excluding carboxylic acids is 2. The topological polar surface area (TPSA) is 91.0 Å². The summed E-state index contributed by atoms with van der Waals surface area (Å²) in [6.07, 6.45) is 6.68. The van der Waals surface area contributed by atoms with Crippen molar-refractivity contribution < 1.29 is 9.59 Å². The number of anilines is 1. The van der Waals surface area contributed by atoms with E-state index in [2.05, 4.69) is 26.6 Å². The van der Waals surface area contributed by atoms with E-state index >= 15 is 0 Å². The number of nitrogens with zero attached hydrogens (tertiary/aromatic N) is 3. The van der Waals surface area contributed by atoms with Crippen molar-refractivity contribution in [3.63, 3.8) is 0 Å². The highest BCUT2D eigenvalue weighted by Gasteiger charge is 2.28. The van der Waals surface area contributed by atoms with Gasteiger partial charge in [-0.3, -0.25) is 14.7 Å². The molecule has 3 heterocycles. The summed E-state index contributed by atoms with van der Waals surface area (Å²) < 4.78 is 0. The Bertz CT molecular complexity index is 1250. The van der Waals surface area contributed by atoms with Gasteiger partial charge in [-0.05, 0) is 48.1 Å². The third kappa shape index (κ3) is 4.09. The molecule has 2 N–H and O–H groups in total.